The van der Waals surface area contributed by atoms with E-state index in [1.165, 1.54) is 44.2 Å². The molecular formula is C15H21N3. The zero-order valence-corrected chi connectivity index (χ0v) is 11.0. The van der Waals surface area contributed by atoms with Gasteiger partial charge in [0, 0.05) is 11.5 Å². The molecule has 0 amide bonds. The summed E-state index contributed by atoms with van der Waals surface area (Å²) in [5.41, 5.74) is 7.51. The molecule has 1 aromatic heterocycles. The summed E-state index contributed by atoms with van der Waals surface area (Å²) in [6, 6.07) is 2.04. The van der Waals surface area contributed by atoms with Crippen LogP contribution in [0.5, 0.6) is 0 Å². The molecule has 0 spiro atoms. The molecule has 3 heteroatoms. The van der Waals surface area contributed by atoms with Crippen LogP contribution in [0.15, 0.2) is 6.07 Å². The average Bonchev–Trinajstić information content (AvgIpc) is 2.25. The first kappa shape index (κ1) is 10.8. The number of aromatic nitrogens is 2. The van der Waals surface area contributed by atoms with Crippen molar-refractivity contribution in [2.24, 2.45) is 17.8 Å². The van der Waals surface area contributed by atoms with E-state index in [4.69, 9.17) is 10.7 Å². The average molecular weight is 243 g/mol. The molecule has 4 aliphatic rings. The predicted molar refractivity (Wildman–Crippen MR) is 71.0 cm³/mol. The van der Waals surface area contributed by atoms with Gasteiger partial charge in [0.15, 0.2) is 0 Å². The van der Waals surface area contributed by atoms with Crippen LogP contribution in [0.4, 0.5) is 5.82 Å². The number of aryl methyl sites for hydroxylation is 1. The maximum atomic E-state index is 5.93. The van der Waals surface area contributed by atoms with E-state index in [1.54, 1.807) is 0 Å². The molecular weight excluding hydrogens is 222 g/mol. The van der Waals surface area contributed by atoms with Crippen LogP contribution in [-0.4, -0.2) is 9.97 Å². The zero-order valence-electron chi connectivity index (χ0n) is 11.0. The van der Waals surface area contributed by atoms with Crippen LogP contribution in [0.2, 0.25) is 0 Å². The van der Waals surface area contributed by atoms with Crippen molar-refractivity contribution in [3.8, 4) is 0 Å². The second-order valence-corrected chi connectivity index (χ2v) is 6.92. The smallest absolute Gasteiger partial charge is 0.127 e. The van der Waals surface area contributed by atoms with Gasteiger partial charge in [-0.05, 0) is 63.2 Å². The van der Waals surface area contributed by atoms with E-state index in [0.717, 1.165) is 23.6 Å². The van der Waals surface area contributed by atoms with Gasteiger partial charge in [-0.1, -0.05) is 0 Å². The molecule has 4 fully saturated rings. The summed E-state index contributed by atoms with van der Waals surface area (Å²) >= 11 is 0. The van der Waals surface area contributed by atoms with E-state index in [-0.39, 0.29) is 0 Å². The predicted octanol–water partition coefficient (Wildman–Crippen LogP) is 2.84. The molecule has 4 bridgehead atoms. The maximum absolute atomic E-state index is 5.93. The Labute approximate surface area is 108 Å². The fraction of sp³-hybridized carbons (Fsp3) is 0.733. The van der Waals surface area contributed by atoms with Gasteiger partial charge in [-0.3, -0.25) is 0 Å². The van der Waals surface area contributed by atoms with Crippen molar-refractivity contribution in [1.82, 2.24) is 9.97 Å². The molecule has 0 aromatic carbocycles. The Bertz CT molecular complexity index is 439. The molecule has 4 aliphatic carbocycles. The molecule has 0 aliphatic heterocycles. The summed E-state index contributed by atoms with van der Waals surface area (Å²) < 4.78 is 0. The zero-order chi connectivity index (χ0) is 12.3. The van der Waals surface area contributed by atoms with Crippen molar-refractivity contribution in [2.75, 3.05) is 5.73 Å². The van der Waals surface area contributed by atoms with E-state index in [2.05, 4.69) is 4.98 Å². The van der Waals surface area contributed by atoms with Crippen molar-refractivity contribution in [3.05, 3.63) is 17.6 Å². The largest absolute Gasteiger partial charge is 0.384 e. The molecule has 1 aromatic rings. The van der Waals surface area contributed by atoms with E-state index < -0.39 is 0 Å². The van der Waals surface area contributed by atoms with E-state index in [1.807, 2.05) is 13.0 Å². The third-order valence-electron chi connectivity index (χ3n) is 5.44. The number of nitrogens with two attached hydrogens (primary N) is 1. The second kappa shape index (κ2) is 3.46. The van der Waals surface area contributed by atoms with Gasteiger partial charge in [0.05, 0.1) is 5.69 Å². The lowest BCUT2D eigenvalue weighted by molar-refractivity contribution is -0.00729. The highest BCUT2D eigenvalue weighted by Gasteiger charge is 2.52. The Hall–Kier alpha value is -1.12. The maximum Gasteiger partial charge on any atom is 0.127 e. The Balaban J connectivity index is 1.79. The molecule has 0 radical (unpaired) electrons. The van der Waals surface area contributed by atoms with E-state index >= 15 is 0 Å². The van der Waals surface area contributed by atoms with Crippen LogP contribution >= 0.6 is 0 Å². The SMILES string of the molecule is Cc1nc(N)cc(C23CC4CC(CC(C4)C2)C3)n1. The number of nitrogens with zero attached hydrogens (tertiary/aromatic N) is 2. The van der Waals surface area contributed by atoms with Gasteiger partial charge in [0.25, 0.3) is 0 Å². The number of anilines is 1. The summed E-state index contributed by atoms with van der Waals surface area (Å²) in [6.07, 6.45) is 8.44. The number of nitrogen functional groups attached to an aromatic ring is 1. The molecule has 1 heterocycles. The highest BCUT2D eigenvalue weighted by Crippen LogP contribution is 2.60. The molecule has 18 heavy (non-hydrogen) atoms. The fourth-order valence-electron chi connectivity index (χ4n) is 5.29. The van der Waals surface area contributed by atoms with Crippen molar-refractivity contribution in [1.29, 1.82) is 0 Å². The Morgan fingerprint density at radius 3 is 2.11 bits per heavy atom. The highest BCUT2D eigenvalue weighted by atomic mass is 14.9. The van der Waals surface area contributed by atoms with Crippen molar-refractivity contribution in [2.45, 2.75) is 50.9 Å². The number of hydrogen-bond acceptors (Lipinski definition) is 3. The molecule has 0 saturated heterocycles. The quantitative estimate of drug-likeness (QED) is 0.825. The van der Waals surface area contributed by atoms with Gasteiger partial charge in [-0.2, -0.15) is 0 Å². The first-order valence-electron chi connectivity index (χ1n) is 7.25. The van der Waals surface area contributed by atoms with Crippen LogP contribution in [0.25, 0.3) is 0 Å². The number of rotatable bonds is 1. The lowest BCUT2D eigenvalue weighted by Crippen LogP contribution is -2.49. The van der Waals surface area contributed by atoms with Crippen LogP contribution in [0.3, 0.4) is 0 Å². The van der Waals surface area contributed by atoms with Gasteiger partial charge in [-0.25, -0.2) is 9.97 Å². The van der Waals surface area contributed by atoms with Gasteiger partial charge < -0.3 is 5.73 Å². The molecule has 2 N–H and O–H groups in total. The summed E-state index contributed by atoms with van der Waals surface area (Å²) in [6.45, 7) is 1.96. The second-order valence-electron chi connectivity index (χ2n) is 6.92. The van der Waals surface area contributed by atoms with Gasteiger partial charge in [0.2, 0.25) is 0 Å². The minimum Gasteiger partial charge on any atom is -0.384 e. The van der Waals surface area contributed by atoms with Crippen LogP contribution in [0.1, 0.15) is 50.0 Å². The summed E-state index contributed by atoms with van der Waals surface area (Å²) in [4.78, 5) is 8.96. The Morgan fingerprint density at radius 2 is 1.61 bits per heavy atom. The normalized spacial score (nSPS) is 41.3. The van der Waals surface area contributed by atoms with Crippen molar-refractivity contribution in [3.63, 3.8) is 0 Å². The van der Waals surface area contributed by atoms with Gasteiger partial charge in [-0.15, -0.1) is 0 Å². The van der Waals surface area contributed by atoms with Crippen LogP contribution in [0, 0.1) is 24.7 Å². The third kappa shape index (κ3) is 1.49. The third-order valence-corrected chi connectivity index (χ3v) is 5.44. The first-order valence-corrected chi connectivity index (χ1v) is 7.25. The summed E-state index contributed by atoms with van der Waals surface area (Å²) in [5, 5.41) is 0. The minimum atomic E-state index is 0.344. The standard InChI is InChI=1S/C15H21N3/c1-9-17-13(5-14(16)18-9)15-6-10-2-11(7-15)4-12(3-10)8-15/h5,10-12H,2-4,6-8H2,1H3,(H2,16,17,18). The minimum absolute atomic E-state index is 0.344. The van der Waals surface area contributed by atoms with Gasteiger partial charge in [0.1, 0.15) is 11.6 Å². The highest BCUT2D eigenvalue weighted by molar-refractivity contribution is 5.35. The molecule has 3 nitrogen and oxygen atoms in total. The molecule has 4 saturated carbocycles. The topological polar surface area (TPSA) is 51.8 Å². The molecule has 5 rings (SSSR count). The van der Waals surface area contributed by atoms with Crippen molar-refractivity contribution < 1.29 is 0 Å². The first-order chi connectivity index (χ1) is 8.63. The van der Waals surface area contributed by atoms with E-state index in [0.29, 0.717) is 11.2 Å². The molecule has 96 valence electrons. The molecule has 0 atom stereocenters. The summed E-state index contributed by atoms with van der Waals surface area (Å²) in [7, 11) is 0. The lowest BCUT2D eigenvalue weighted by atomic mass is 9.49. The lowest BCUT2D eigenvalue weighted by Gasteiger charge is -2.56. The van der Waals surface area contributed by atoms with Crippen LogP contribution < -0.4 is 5.73 Å². The fourth-order valence-corrected chi connectivity index (χ4v) is 5.29. The van der Waals surface area contributed by atoms with E-state index in [9.17, 15) is 0 Å². The molecule has 0 unspecified atom stereocenters. The Morgan fingerprint density at radius 1 is 1.06 bits per heavy atom. The van der Waals surface area contributed by atoms with Crippen LogP contribution in [-0.2, 0) is 5.41 Å². The Kier molecular flexibility index (Phi) is 2.07. The summed E-state index contributed by atoms with van der Waals surface area (Å²) in [5.74, 6) is 4.34. The monoisotopic (exact) mass is 243 g/mol. The number of hydrogen-bond donors (Lipinski definition) is 1. The van der Waals surface area contributed by atoms with Crippen molar-refractivity contribution >= 4 is 5.82 Å². The van der Waals surface area contributed by atoms with Gasteiger partial charge >= 0.3 is 0 Å².